The van der Waals surface area contributed by atoms with Gasteiger partial charge in [0.1, 0.15) is 0 Å². The molecule has 0 aliphatic carbocycles. The standard InChI is InChI=1S/C8H19N2/c1-8(9)6-5-7-10(2,3)4/h1,5-7,9H2,2-4H3/q+1. The Bertz CT molecular complexity index is 111. The van der Waals surface area contributed by atoms with Crippen LogP contribution in [0.25, 0.3) is 0 Å². The van der Waals surface area contributed by atoms with E-state index < -0.39 is 0 Å². The van der Waals surface area contributed by atoms with Crippen molar-refractivity contribution in [2.45, 2.75) is 12.8 Å². The number of nitrogens with two attached hydrogens (primary N) is 1. The Labute approximate surface area is 63.9 Å². The van der Waals surface area contributed by atoms with Gasteiger partial charge in [0.05, 0.1) is 27.7 Å². The second-order valence-corrected chi connectivity index (χ2v) is 3.78. The van der Waals surface area contributed by atoms with E-state index in [0.717, 1.165) is 29.6 Å². The summed E-state index contributed by atoms with van der Waals surface area (Å²) in [6.45, 7) is 4.81. The highest BCUT2D eigenvalue weighted by molar-refractivity contribution is 4.84. The summed E-state index contributed by atoms with van der Waals surface area (Å²) in [6.07, 6.45) is 2.09. The topological polar surface area (TPSA) is 26.0 Å². The smallest absolute Gasteiger partial charge is 0.0784 e. The first kappa shape index (κ1) is 9.50. The molecule has 0 fully saturated rings. The highest BCUT2D eigenvalue weighted by Crippen LogP contribution is 1.99. The lowest BCUT2D eigenvalue weighted by Gasteiger charge is -2.23. The monoisotopic (exact) mass is 143 g/mol. The molecule has 0 rings (SSSR count). The molecule has 0 spiro atoms. The van der Waals surface area contributed by atoms with Gasteiger partial charge in [0.2, 0.25) is 0 Å². The zero-order valence-corrected chi connectivity index (χ0v) is 7.35. The van der Waals surface area contributed by atoms with Gasteiger partial charge in [0, 0.05) is 12.1 Å². The van der Waals surface area contributed by atoms with Gasteiger partial charge in [-0.2, -0.15) is 0 Å². The third-order valence-corrected chi connectivity index (χ3v) is 1.33. The summed E-state index contributed by atoms with van der Waals surface area (Å²) in [4.78, 5) is 0. The van der Waals surface area contributed by atoms with Gasteiger partial charge in [-0.05, 0) is 6.42 Å². The number of hydrogen-bond acceptors (Lipinski definition) is 1. The van der Waals surface area contributed by atoms with Gasteiger partial charge in [0.15, 0.2) is 0 Å². The Morgan fingerprint density at radius 3 is 2.20 bits per heavy atom. The maximum atomic E-state index is 5.42. The Morgan fingerprint density at radius 1 is 1.40 bits per heavy atom. The molecular formula is C8H19N2+. The van der Waals surface area contributed by atoms with Crippen molar-refractivity contribution in [3.05, 3.63) is 12.3 Å². The van der Waals surface area contributed by atoms with Crippen LogP contribution in [0.3, 0.4) is 0 Å². The average Bonchev–Trinajstić information content (AvgIpc) is 1.59. The lowest BCUT2D eigenvalue weighted by molar-refractivity contribution is -0.870. The van der Waals surface area contributed by atoms with E-state index in [0.29, 0.717) is 0 Å². The number of nitrogens with zero attached hydrogens (tertiary/aromatic N) is 1. The summed E-state index contributed by atoms with van der Waals surface area (Å²) in [7, 11) is 6.54. The van der Waals surface area contributed by atoms with Crippen molar-refractivity contribution in [3.8, 4) is 0 Å². The highest BCUT2D eigenvalue weighted by Gasteiger charge is 2.04. The molecule has 0 aromatic heterocycles. The number of quaternary nitrogens is 1. The summed E-state index contributed by atoms with van der Waals surface area (Å²) in [5.41, 5.74) is 6.22. The quantitative estimate of drug-likeness (QED) is 0.582. The van der Waals surface area contributed by atoms with Crippen LogP contribution in [0, 0.1) is 0 Å². The Morgan fingerprint density at radius 2 is 1.90 bits per heavy atom. The van der Waals surface area contributed by atoms with Gasteiger partial charge >= 0.3 is 0 Å². The van der Waals surface area contributed by atoms with Crippen molar-refractivity contribution in [2.24, 2.45) is 5.73 Å². The molecule has 0 unspecified atom stereocenters. The lowest BCUT2D eigenvalue weighted by atomic mass is 10.2. The molecule has 0 amide bonds. The lowest BCUT2D eigenvalue weighted by Crippen LogP contribution is -2.35. The van der Waals surface area contributed by atoms with E-state index in [1.807, 2.05) is 0 Å². The zero-order chi connectivity index (χ0) is 8.20. The normalized spacial score (nSPS) is 11.5. The third kappa shape index (κ3) is 7.50. The van der Waals surface area contributed by atoms with Gasteiger partial charge in [-0.15, -0.1) is 0 Å². The molecule has 2 N–H and O–H groups in total. The summed E-state index contributed by atoms with van der Waals surface area (Å²) >= 11 is 0. The average molecular weight is 143 g/mol. The predicted molar refractivity (Wildman–Crippen MR) is 45.5 cm³/mol. The molecule has 0 saturated carbocycles. The molecule has 10 heavy (non-hydrogen) atoms. The van der Waals surface area contributed by atoms with Gasteiger partial charge < -0.3 is 10.2 Å². The molecule has 0 aromatic rings. The Balaban J connectivity index is 3.29. The summed E-state index contributed by atoms with van der Waals surface area (Å²) in [5.74, 6) is 0. The molecule has 0 heterocycles. The molecule has 2 heteroatoms. The van der Waals surface area contributed by atoms with E-state index in [4.69, 9.17) is 5.73 Å². The molecule has 0 aliphatic heterocycles. The fourth-order valence-electron chi connectivity index (χ4n) is 0.780. The third-order valence-electron chi connectivity index (χ3n) is 1.33. The molecule has 0 radical (unpaired) electrons. The number of hydrogen-bond donors (Lipinski definition) is 1. The molecule has 0 aliphatic rings. The molecule has 0 aromatic carbocycles. The zero-order valence-electron chi connectivity index (χ0n) is 7.35. The van der Waals surface area contributed by atoms with Gasteiger partial charge in [0.25, 0.3) is 0 Å². The molecule has 2 nitrogen and oxygen atoms in total. The van der Waals surface area contributed by atoms with Crippen LogP contribution in [0.1, 0.15) is 12.8 Å². The predicted octanol–water partition coefficient (Wildman–Crippen LogP) is 0.945. The van der Waals surface area contributed by atoms with Crippen LogP contribution in [0.15, 0.2) is 12.3 Å². The molecular weight excluding hydrogens is 124 g/mol. The minimum atomic E-state index is 0.799. The van der Waals surface area contributed by atoms with E-state index in [1.165, 1.54) is 0 Å². The first-order chi connectivity index (χ1) is 4.42. The summed E-state index contributed by atoms with van der Waals surface area (Å²) in [6, 6.07) is 0. The number of rotatable bonds is 4. The van der Waals surface area contributed by atoms with E-state index in [1.54, 1.807) is 0 Å². The van der Waals surface area contributed by atoms with E-state index >= 15 is 0 Å². The maximum Gasteiger partial charge on any atom is 0.0784 e. The second kappa shape index (κ2) is 3.62. The van der Waals surface area contributed by atoms with Crippen LogP contribution in [0.2, 0.25) is 0 Å². The largest absolute Gasteiger partial charge is 0.403 e. The van der Waals surface area contributed by atoms with Crippen LogP contribution >= 0.6 is 0 Å². The molecule has 0 atom stereocenters. The fourth-order valence-corrected chi connectivity index (χ4v) is 0.780. The first-order valence-corrected chi connectivity index (χ1v) is 3.65. The van der Waals surface area contributed by atoms with Crippen LogP contribution < -0.4 is 5.73 Å². The maximum absolute atomic E-state index is 5.42. The summed E-state index contributed by atoms with van der Waals surface area (Å²) in [5, 5.41) is 0. The van der Waals surface area contributed by atoms with Gasteiger partial charge in [-0.1, -0.05) is 6.58 Å². The number of allylic oxidation sites excluding steroid dienone is 1. The first-order valence-electron chi connectivity index (χ1n) is 3.65. The Hall–Kier alpha value is -0.500. The van der Waals surface area contributed by atoms with Gasteiger partial charge in [-0.3, -0.25) is 0 Å². The second-order valence-electron chi connectivity index (χ2n) is 3.78. The van der Waals surface area contributed by atoms with Crippen molar-refractivity contribution in [1.29, 1.82) is 0 Å². The van der Waals surface area contributed by atoms with Crippen LogP contribution in [0.4, 0.5) is 0 Å². The van der Waals surface area contributed by atoms with Crippen molar-refractivity contribution in [2.75, 3.05) is 27.7 Å². The highest BCUT2D eigenvalue weighted by atomic mass is 15.3. The Kier molecular flexibility index (Phi) is 3.43. The van der Waals surface area contributed by atoms with E-state index in [9.17, 15) is 0 Å². The van der Waals surface area contributed by atoms with Gasteiger partial charge in [-0.25, -0.2) is 0 Å². The SMILES string of the molecule is C=C(N)CCC[N+](C)(C)C. The minimum Gasteiger partial charge on any atom is -0.403 e. The minimum absolute atomic E-state index is 0.799. The van der Waals surface area contributed by atoms with Crippen LogP contribution in [-0.2, 0) is 0 Å². The van der Waals surface area contributed by atoms with Crippen molar-refractivity contribution >= 4 is 0 Å². The van der Waals surface area contributed by atoms with Crippen molar-refractivity contribution < 1.29 is 4.48 Å². The fraction of sp³-hybridized carbons (Fsp3) is 0.750. The summed E-state index contributed by atoms with van der Waals surface area (Å²) < 4.78 is 1.01. The molecule has 0 bridgehead atoms. The van der Waals surface area contributed by atoms with Crippen LogP contribution in [0.5, 0.6) is 0 Å². The van der Waals surface area contributed by atoms with Crippen molar-refractivity contribution in [3.63, 3.8) is 0 Å². The van der Waals surface area contributed by atoms with E-state index in [2.05, 4.69) is 27.7 Å². The molecule has 60 valence electrons. The van der Waals surface area contributed by atoms with E-state index in [-0.39, 0.29) is 0 Å². The molecule has 0 saturated heterocycles. The van der Waals surface area contributed by atoms with Crippen LogP contribution in [-0.4, -0.2) is 32.2 Å². The van der Waals surface area contributed by atoms with Crippen molar-refractivity contribution in [1.82, 2.24) is 0 Å².